The standard InChI is InChI=1S/C15H14FNO4/c1-21-11-7-6-10(18)12(13(11)16)14(19)8-2-4-9(5-3-8)15(17)20/h2-7,14,18-19H,1H3,(H2,17,20). The molecule has 21 heavy (non-hydrogen) atoms. The Labute approximate surface area is 120 Å². The summed E-state index contributed by atoms with van der Waals surface area (Å²) in [7, 11) is 1.28. The third-order valence-electron chi connectivity index (χ3n) is 3.13. The number of ether oxygens (including phenoxy) is 1. The average molecular weight is 291 g/mol. The zero-order valence-corrected chi connectivity index (χ0v) is 11.2. The largest absolute Gasteiger partial charge is 0.507 e. The van der Waals surface area contributed by atoms with Crippen molar-refractivity contribution in [1.29, 1.82) is 0 Å². The van der Waals surface area contributed by atoms with E-state index in [0.29, 0.717) is 5.56 Å². The second kappa shape index (κ2) is 5.80. The lowest BCUT2D eigenvalue weighted by molar-refractivity contribution is 0.1000. The van der Waals surface area contributed by atoms with Gasteiger partial charge in [0.05, 0.1) is 12.7 Å². The lowest BCUT2D eigenvalue weighted by Gasteiger charge is -2.16. The molecule has 0 saturated heterocycles. The van der Waals surface area contributed by atoms with Crippen LogP contribution in [0.3, 0.4) is 0 Å². The minimum Gasteiger partial charge on any atom is -0.507 e. The molecule has 4 N–H and O–H groups in total. The van der Waals surface area contributed by atoms with Crippen LogP contribution in [-0.4, -0.2) is 23.2 Å². The van der Waals surface area contributed by atoms with Gasteiger partial charge in [-0.25, -0.2) is 4.39 Å². The van der Waals surface area contributed by atoms with Gasteiger partial charge in [0.15, 0.2) is 11.6 Å². The zero-order chi connectivity index (χ0) is 15.6. The Morgan fingerprint density at radius 1 is 1.24 bits per heavy atom. The number of carbonyl (C=O) groups excluding carboxylic acids is 1. The second-order valence-corrected chi connectivity index (χ2v) is 4.40. The molecule has 1 amide bonds. The van der Waals surface area contributed by atoms with Crippen LogP contribution in [0.2, 0.25) is 0 Å². The van der Waals surface area contributed by atoms with E-state index in [1.807, 2.05) is 0 Å². The number of aliphatic hydroxyl groups is 1. The molecule has 0 aliphatic carbocycles. The van der Waals surface area contributed by atoms with Crippen molar-refractivity contribution < 1.29 is 24.1 Å². The number of halogens is 1. The summed E-state index contributed by atoms with van der Waals surface area (Å²) in [6.45, 7) is 0. The number of rotatable bonds is 4. The first-order valence-corrected chi connectivity index (χ1v) is 6.09. The second-order valence-electron chi connectivity index (χ2n) is 4.40. The molecule has 6 heteroatoms. The molecule has 1 unspecified atom stereocenters. The Morgan fingerprint density at radius 3 is 2.38 bits per heavy atom. The minimum atomic E-state index is -1.40. The van der Waals surface area contributed by atoms with Crippen molar-refractivity contribution in [2.45, 2.75) is 6.10 Å². The molecule has 0 radical (unpaired) electrons. The van der Waals surface area contributed by atoms with Crippen molar-refractivity contribution in [3.05, 3.63) is 58.9 Å². The van der Waals surface area contributed by atoms with Crippen LogP contribution in [0.1, 0.15) is 27.6 Å². The van der Waals surface area contributed by atoms with Crippen LogP contribution >= 0.6 is 0 Å². The number of hydrogen-bond acceptors (Lipinski definition) is 4. The van der Waals surface area contributed by atoms with Gasteiger partial charge in [-0.05, 0) is 29.8 Å². The van der Waals surface area contributed by atoms with Crippen molar-refractivity contribution in [2.24, 2.45) is 5.73 Å². The first-order valence-electron chi connectivity index (χ1n) is 6.09. The van der Waals surface area contributed by atoms with Crippen LogP contribution in [0, 0.1) is 5.82 Å². The average Bonchev–Trinajstić information content (AvgIpc) is 2.47. The van der Waals surface area contributed by atoms with Gasteiger partial charge in [-0.1, -0.05) is 12.1 Å². The Balaban J connectivity index is 2.44. The highest BCUT2D eigenvalue weighted by atomic mass is 19.1. The molecule has 0 aliphatic rings. The number of carbonyl (C=O) groups is 1. The van der Waals surface area contributed by atoms with E-state index in [9.17, 15) is 19.4 Å². The molecule has 0 bridgehead atoms. The Morgan fingerprint density at radius 2 is 1.86 bits per heavy atom. The fourth-order valence-electron chi connectivity index (χ4n) is 1.98. The number of methoxy groups -OCH3 is 1. The molecular weight excluding hydrogens is 277 g/mol. The van der Waals surface area contributed by atoms with Gasteiger partial charge in [0.25, 0.3) is 0 Å². The van der Waals surface area contributed by atoms with Gasteiger partial charge < -0.3 is 20.7 Å². The Kier molecular flexibility index (Phi) is 4.09. The SMILES string of the molecule is COc1ccc(O)c(C(O)c2ccc(C(N)=O)cc2)c1F. The smallest absolute Gasteiger partial charge is 0.248 e. The summed E-state index contributed by atoms with van der Waals surface area (Å²) < 4.78 is 19.0. The minimum absolute atomic E-state index is 0.0874. The number of amides is 1. The third-order valence-corrected chi connectivity index (χ3v) is 3.13. The van der Waals surface area contributed by atoms with E-state index in [1.165, 1.54) is 43.5 Å². The summed E-state index contributed by atoms with van der Waals surface area (Å²) in [4.78, 5) is 11.0. The van der Waals surface area contributed by atoms with E-state index in [4.69, 9.17) is 10.5 Å². The van der Waals surface area contributed by atoms with Crippen molar-refractivity contribution in [3.8, 4) is 11.5 Å². The quantitative estimate of drug-likeness (QED) is 0.799. The summed E-state index contributed by atoms with van der Waals surface area (Å²) in [5.74, 6) is -1.93. The molecular formula is C15H14FNO4. The number of benzene rings is 2. The van der Waals surface area contributed by atoms with Crippen LogP contribution in [0.25, 0.3) is 0 Å². The van der Waals surface area contributed by atoms with Crippen LogP contribution < -0.4 is 10.5 Å². The van der Waals surface area contributed by atoms with Gasteiger partial charge in [0, 0.05) is 5.56 Å². The van der Waals surface area contributed by atoms with Gasteiger partial charge in [-0.15, -0.1) is 0 Å². The summed E-state index contributed by atoms with van der Waals surface area (Å²) >= 11 is 0. The molecule has 110 valence electrons. The molecule has 0 saturated carbocycles. The van der Waals surface area contributed by atoms with Crippen molar-refractivity contribution in [1.82, 2.24) is 0 Å². The van der Waals surface area contributed by atoms with E-state index < -0.39 is 17.8 Å². The maximum Gasteiger partial charge on any atom is 0.248 e. The first-order chi connectivity index (χ1) is 9.95. The van der Waals surface area contributed by atoms with Gasteiger partial charge >= 0.3 is 0 Å². The third kappa shape index (κ3) is 2.80. The number of hydrogen-bond donors (Lipinski definition) is 3. The van der Waals surface area contributed by atoms with Gasteiger partial charge in [-0.2, -0.15) is 0 Å². The van der Waals surface area contributed by atoms with Crippen LogP contribution in [0.4, 0.5) is 4.39 Å². The molecule has 2 rings (SSSR count). The Hall–Kier alpha value is -2.60. The van der Waals surface area contributed by atoms with Crippen molar-refractivity contribution in [2.75, 3.05) is 7.11 Å². The monoisotopic (exact) mass is 291 g/mol. The van der Waals surface area contributed by atoms with E-state index in [-0.39, 0.29) is 22.6 Å². The van der Waals surface area contributed by atoms with E-state index in [1.54, 1.807) is 0 Å². The molecule has 0 fully saturated rings. The highest BCUT2D eigenvalue weighted by Crippen LogP contribution is 2.35. The van der Waals surface area contributed by atoms with Crippen molar-refractivity contribution >= 4 is 5.91 Å². The lowest BCUT2D eigenvalue weighted by Crippen LogP contribution is -2.11. The van der Waals surface area contributed by atoms with Gasteiger partial charge in [-0.3, -0.25) is 4.79 Å². The number of primary amides is 1. The normalized spacial score (nSPS) is 12.0. The molecule has 5 nitrogen and oxygen atoms in total. The number of aromatic hydroxyl groups is 1. The number of phenolic OH excluding ortho intramolecular Hbond substituents is 1. The van der Waals surface area contributed by atoms with E-state index >= 15 is 0 Å². The van der Waals surface area contributed by atoms with Gasteiger partial charge in [0.2, 0.25) is 5.91 Å². The number of phenols is 1. The summed E-state index contributed by atoms with van der Waals surface area (Å²) in [5, 5.41) is 20.0. The van der Waals surface area contributed by atoms with Crippen LogP contribution in [0.15, 0.2) is 36.4 Å². The van der Waals surface area contributed by atoms with E-state index in [2.05, 4.69) is 0 Å². The summed E-state index contributed by atoms with van der Waals surface area (Å²) in [6.07, 6.45) is -1.40. The molecule has 1 atom stereocenters. The predicted octanol–water partition coefficient (Wildman–Crippen LogP) is 1.72. The van der Waals surface area contributed by atoms with E-state index in [0.717, 1.165) is 0 Å². The highest BCUT2D eigenvalue weighted by molar-refractivity contribution is 5.92. The summed E-state index contributed by atoms with van der Waals surface area (Å²) in [5.41, 5.74) is 5.40. The summed E-state index contributed by atoms with van der Waals surface area (Å²) in [6, 6.07) is 8.19. The van der Waals surface area contributed by atoms with Crippen molar-refractivity contribution in [3.63, 3.8) is 0 Å². The number of aliphatic hydroxyl groups excluding tert-OH is 1. The molecule has 0 heterocycles. The molecule has 2 aromatic rings. The molecule has 2 aromatic carbocycles. The first kappa shape index (κ1) is 14.8. The fourth-order valence-corrected chi connectivity index (χ4v) is 1.98. The zero-order valence-electron chi connectivity index (χ0n) is 11.2. The molecule has 0 aromatic heterocycles. The van der Waals surface area contributed by atoms with Crippen LogP contribution in [0.5, 0.6) is 11.5 Å². The topological polar surface area (TPSA) is 92.8 Å². The fraction of sp³-hybridized carbons (Fsp3) is 0.133. The molecule has 0 spiro atoms. The van der Waals surface area contributed by atoms with Gasteiger partial charge in [0.1, 0.15) is 11.9 Å². The lowest BCUT2D eigenvalue weighted by atomic mass is 9.98. The predicted molar refractivity (Wildman–Crippen MR) is 73.6 cm³/mol. The number of nitrogens with two attached hydrogens (primary N) is 1. The Bertz CT molecular complexity index is 670. The maximum absolute atomic E-state index is 14.2. The maximum atomic E-state index is 14.2. The highest BCUT2D eigenvalue weighted by Gasteiger charge is 2.22. The molecule has 0 aliphatic heterocycles. The van der Waals surface area contributed by atoms with Crippen LogP contribution in [-0.2, 0) is 0 Å².